The number of ether oxygens (including phenoxy) is 4. The van der Waals surface area contributed by atoms with Crippen LogP contribution in [0, 0.1) is 17.8 Å². The van der Waals surface area contributed by atoms with Gasteiger partial charge in [-0.2, -0.15) is 0 Å². The number of carbonyl (C=O) groups excluding carboxylic acids is 4. The third-order valence-corrected chi connectivity index (χ3v) is 17.6. The number of unbranched alkanes of at least 4 members (excludes halogenated alkanes) is 32. The van der Waals surface area contributed by atoms with Crippen molar-refractivity contribution in [3.05, 3.63) is 0 Å². The molecule has 0 saturated heterocycles. The molecular formula is C67H130O17P2. The Hall–Kier alpha value is -1.94. The Balaban J connectivity index is 5.23. The van der Waals surface area contributed by atoms with E-state index in [1.807, 2.05) is 0 Å². The molecule has 17 nitrogen and oxygen atoms in total. The van der Waals surface area contributed by atoms with E-state index < -0.39 is 97.5 Å². The van der Waals surface area contributed by atoms with Gasteiger partial charge in [-0.1, -0.05) is 280 Å². The lowest BCUT2D eigenvalue weighted by Gasteiger charge is -2.21. The number of esters is 4. The molecule has 86 heavy (non-hydrogen) atoms. The molecule has 3 N–H and O–H groups in total. The first-order valence-electron chi connectivity index (χ1n) is 34.9. The molecule has 19 heteroatoms. The number of carbonyl (C=O) groups is 4. The lowest BCUT2D eigenvalue weighted by molar-refractivity contribution is -0.161. The molecule has 0 saturated carbocycles. The summed E-state index contributed by atoms with van der Waals surface area (Å²) in [5.74, 6) is 0.158. The Kier molecular flexibility index (Phi) is 56.9. The maximum atomic E-state index is 13.0. The normalized spacial score (nSPS) is 14.6. The minimum absolute atomic E-state index is 0.104. The highest BCUT2D eigenvalue weighted by atomic mass is 31.2. The van der Waals surface area contributed by atoms with Crippen molar-refractivity contribution in [3.63, 3.8) is 0 Å². The highest BCUT2D eigenvalue weighted by Crippen LogP contribution is 2.45. The van der Waals surface area contributed by atoms with E-state index in [1.54, 1.807) is 0 Å². The van der Waals surface area contributed by atoms with Crippen molar-refractivity contribution in [2.75, 3.05) is 39.6 Å². The minimum Gasteiger partial charge on any atom is -0.462 e. The number of rotatable bonds is 65. The number of phosphoric ester groups is 2. The van der Waals surface area contributed by atoms with Gasteiger partial charge in [-0.15, -0.1) is 0 Å². The molecule has 0 aliphatic heterocycles. The van der Waals surface area contributed by atoms with Crippen molar-refractivity contribution in [1.82, 2.24) is 0 Å². The summed E-state index contributed by atoms with van der Waals surface area (Å²) in [5, 5.41) is 10.6. The van der Waals surface area contributed by atoms with Crippen LogP contribution < -0.4 is 0 Å². The molecule has 0 aromatic rings. The molecule has 3 unspecified atom stereocenters. The molecule has 0 aliphatic rings. The van der Waals surface area contributed by atoms with Crippen molar-refractivity contribution in [2.45, 2.75) is 349 Å². The molecule has 510 valence electrons. The van der Waals surface area contributed by atoms with Gasteiger partial charge in [0, 0.05) is 25.7 Å². The predicted octanol–water partition coefficient (Wildman–Crippen LogP) is 18.7. The van der Waals surface area contributed by atoms with E-state index in [-0.39, 0.29) is 25.7 Å². The number of aliphatic hydroxyl groups is 1. The first kappa shape index (κ1) is 84.1. The number of aliphatic hydroxyl groups excluding tert-OH is 1. The molecule has 0 fully saturated rings. The second-order valence-electron chi connectivity index (χ2n) is 25.4. The summed E-state index contributed by atoms with van der Waals surface area (Å²) in [7, 11) is -9.89. The van der Waals surface area contributed by atoms with E-state index in [9.17, 15) is 43.2 Å². The Morgan fingerprint density at radius 2 is 0.593 bits per heavy atom. The summed E-state index contributed by atoms with van der Waals surface area (Å²) in [4.78, 5) is 72.3. The first-order valence-corrected chi connectivity index (χ1v) is 37.9. The van der Waals surface area contributed by atoms with Crippen LogP contribution in [0.3, 0.4) is 0 Å². The van der Waals surface area contributed by atoms with Gasteiger partial charge in [-0.25, -0.2) is 9.13 Å². The molecule has 0 radical (unpaired) electrons. The van der Waals surface area contributed by atoms with E-state index in [1.165, 1.54) is 128 Å². The maximum Gasteiger partial charge on any atom is 0.472 e. The van der Waals surface area contributed by atoms with Crippen LogP contribution in [0.2, 0.25) is 0 Å². The van der Waals surface area contributed by atoms with Crippen molar-refractivity contribution in [1.29, 1.82) is 0 Å². The topological polar surface area (TPSA) is 237 Å². The number of hydrogen-bond donors (Lipinski definition) is 3. The molecule has 0 spiro atoms. The van der Waals surface area contributed by atoms with Crippen LogP contribution in [-0.2, 0) is 65.4 Å². The fraction of sp³-hybridized carbons (Fsp3) is 0.940. The van der Waals surface area contributed by atoms with E-state index in [4.69, 9.17) is 37.0 Å². The fourth-order valence-corrected chi connectivity index (χ4v) is 11.6. The maximum absolute atomic E-state index is 13.0. The van der Waals surface area contributed by atoms with Gasteiger partial charge in [0.2, 0.25) is 0 Å². The lowest BCUT2D eigenvalue weighted by atomic mass is 9.99. The van der Waals surface area contributed by atoms with Gasteiger partial charge in [0.15, 0.2) is 12.2 Å². The summed E-state index contributed by atoms with van der Waals surface area (Å²) < 4.78 is 68.1. The Labute approximate surface area is 524 Å². The third kappa shape index (κ3) is 59.7. The molecule has 0 bridgehead atoms. The first-order chi connectivity index (χ1) is 41.3. The predicted molar refractivity (Wildman–Crippen MR) is 344 cm³/mol. The zero-order chi connectivity index (χ0) is 63.8. The Morgan fingerprint density at radius 1 is 0.337 bits per heavy atom. The summed E-state index contributed by atoms with van der Waals surface area (Å²) in [5.41, 5.74) is 0. The summed E-state index contributed by atoms with van der Waals surface area (Å²) in [6.07, 6.45) is 40.3. The lowest BCUT2D eigenvalue weighted by Crippen LogP contribution is -2.30. The molecular weight excluding hydrogens is 1140 g/mol. The Bertz CT molecular complexity index is 1700. The molecule has 6 atom stereocenters. The smallest absolute Gasteiger partial charge is 0.462 e. The second kappa shape index (κ2) is 58.2. The third-order valence-electron chi connectivity index (χ3n) is 15.7. The van der Waals surface area contributed by atoms with Crippen molar-refractivity contribution in [2.24, 2.45) is 17.8 Å². The van der Waals surface area contributed by atoms with E-state index >= 15 is 0 Å². The van der Waals surface area contributed by atoms with Crippen LogP contribution in [0.1, 0.15) is 331 Å². The van der Waals surface area contributed by atoms with Crippen molar-refractivity contribution >= 4 is 39.5 Å². The molecule has 0 rings (SSSR count). The molecule has 0 aliphatic carbocycles. The zero-order valence-corrected chi connectivity index (χ0v) is 57.6. The highest BCUT2D eigenvalue weighted by Gasteiger charge is 2.30. The van der Waals surface area contributed by atoms with Crippen molar-refractivity contribution < 1.29 is 80.2 Å². The monoisotopic (exact) mass is 1270 g/mol. The quantitative estimate of drug-likeness (QED) is 0.0222. The number of hydrogen-bond acceptors (Lipinski definition) is 15. The molecule has 0 aromatic carbocycles. The second-order valence-corrected chi connectivity index (χ2v) is 28.3. The molecule has 0 aromatic heterocycles. The van der Waals surface area contributed by atoms with E-state index in [0.29, 0.717) is 25.7 Å². The largest absolute Gasteiger partial charge is 0.472 e. The average Bonchev–Trinajstić information content (AvgIpc) is 3.58. The van der Waals surface area contributed by atoms with Gasteiger partial charge >= 0.3 is 39.5 Å². The summed E-state index contributed by atoms with van der Waals surface area (Å²) in [6, 6.07) is 0. The summed E-state index contributed by atoms with van der Waals surface area (Å²) in [6.45, 7) is 11.8. The van der Waals surface area contributed by atoms with Crippen LogP contribution in [0.25, 0.3) is 0 Å². The van der Waals surface area contributed by atoms with Crippen LogP contribution in [-0.4, -0.2) is 96.7 Å². The molecule has 0 heterocycles. The van der Waals surface area contributed by atoms with Crippen LogP contribution >= 0.6 is 15.6 Å². The van der Waals surface area contributed by atoms with Gasteiger partial charge < -0.3 is 33.8 Å². The SMILES string of the molecule is CCCCCCCCCC(=O)OC[C@H](COP(=O)(O)OC[C@H](O)COP(=O)(O)OC[C@@H](COC(=O)CCCCCCCCCCCCC(C)C)OC(=O)CCCCCCCCCCCCCC(C)C)OC(=O)CCCCCCCCCCC(C)CC. The Morgan fingerprint density at radius 3 is 0.884 bits per heavy atom. The van der Waals surface area contributed by atoms with Crippen LogP contribution in [0.5, 0.6) is 0 Å². The highest BCUT2D eigenvalue weighted by molar-refractivity contribution is 7.47. The van der Waals surface area contributed by atoms with Gasteiger partial charge in [-0.3, -0.25) is 37.3 Å². The van der Waals surface area contributed by atoms with Crippen molar-refractivity contribution in [3.8, 4) is 0 Å². The zero-order valence-electron chi connectivity index (χ0n) is 55.8. The number of phosphoric acid groups is 2. The van der Waals surface area contributed by atoms with Crippen LogP contribution in [0.15, 0.2) is 0 Å². The fourth-order valence-electron chi connectivity index (χ4n) is 9.98. The van der Waals surface area contributed by atoms with Gasteiger partial charge in [0.05, 0.1) is 26.4 Å². The standard InChI is InChI=1S/C67H130O17P2/c1-8-10-11-12-24-34-41-48-64(69)77-54-62(84-67(72)51-44-37-30-23-22-27-33-40-47-60(7)9-2)56-81-85(73,74)79-52-61(68)53-80-86(75,76)82-57-63(55-78-65(70)49-42-35-28-20-17-16-19-26-32-39-46-59(5)6)83-66(71)50-43-36-29-21-15-13-14-18-25-31-38-45-58(3)4/h58-63,68H,8-57H2,1-7H3,(H,73,74)(H,75,76)/t60?,61-,62+,63+/m0/s1. The van der Waals surface area contributed by atoms with Gasteiger partial charge in [-0.05, 0) is 43.4 Å². The van der Waals surface area contributed by atoms with E-state index in [0.717, 1.165) is 120 Å². The van der Waals surface area contributed by atoms with E-state index in [2.05, 4.69) is 48.5 Å². The minimum atomic E-state index is -4.95. The van der Waals surface area contributed by atoms with Crippen LogP contribution in [0.4, 0.5) is 0 Å². The summed E-state index contributed by atoms with van der Waals surface area (Å²) >= 11 is 0. The average molecular weight is 1270 g/mol. The van der Waals surface area contributed by atoms with Gasteiger partial charge in [0.1, 0.15) is 19.3 Å². The van der Waals surface area contributed by atoms with Gasteiger partial charge in [0.25, 0.3) is 0 Å². The molecule has 0 amide bonds.